The van der Waals surface area contributed by atoms with Crippen molar-refractivity contribution < 1.29 is 22.8 Å². The number of piperazine rings is 1. The number of alkyl halides is 3. The lowest BCUT2D eigenvalue weighted by molar-refractivity contribution is -0.252. The van der Waals surface area contributed by atoms with E-state index in [1.165, 1.54) is 4.90 Å². The molecule has 2 saturated heterocycles. The summed E-state index contributed by atoms with van der Waals surface area (Å²) in [6, 6.07) is 0. The van der Waals surface area contributed by atoms with E-state index in [9.17, 15) is 22.8 Å². The van der Waals surface area contributed by atoms with Gasteiger partial charge >= 0.3 is 6.30 Å². The minimum absolute atomic E-state index is 0.0227. The summed E-state index contributed by atoms with van der Waals surface area (Å²) in [7, 11) is 0. The molecule has 2 amide bonds. The van der Waals surface area contributed by atoms with E-state index in [0.717, 1.165) is 0 Å². The zero-order valence-electron chi connectivity index (χ0n) is 11.9. The van der Waals surface area contributed by atoms with Crippen LogP contribution in [0.4, 0.5) is 13.2 Å². The summed E-state index contributed by atoms with van der Waals surface area (Å²) in [5.74, 6) is -0.263. The highest BCUT2D eigenvalue weighted by atomic mass is 19.4. The molecule has 0 unspecified atom stereocenters. The Hall–Kier alpha value is -1.15. The van der Waals surface area contributed by atoms with Gasteiger partial charge in [0.2, 0.25) is 11.8 Å². The maximum Gasteiger partial charge on any atom is 0.460 e. The third-order valence-electron chi connectivity index (χ3n) is 3.97. The quantitative estimate of drug-likeness (QED) is 0.575. The smallest absolute Gasteiger partial charge is 0.301 e. The number of amides is 2. The van der Waals surface area contributed by atoms with Crippen molar-refractivity contribution in [1.29, 1.82) is 0 Å². The Kier molecular flexibility index (Phi) is 5.21. The summed E-state index contributed by atoms with van der Waals surface area (Å²) in [6.07, 6.45) is -2.19. The second kappa shape index (κ2) is 6.74. The summed E-state index contributed by atoms with van der Waals surface area (Å²) in [5, 5.41) is 0. The van der Waals surface area contributed by atoms with Crippen LogP contribution in [0.25, 0.3) is 0 Å². The van der Waals surface area contributed by atoms with Gasteiger partial charge in [0.15, 0.2) is 0 Å². The predicted molar refractivity (Wildman–Crippen MR) is 69.3 cm³/mol. The molecule has 2 fully saturated rings. The first-order valence-electron chi connectivity index (χ1n) is 7.25. The molecule has 2 heterocycles. The molecule has 2 rings (SSSR count). The Balaban J connectivity index is 1.68. The first-order chi connectivity index (χ1) is 9.88. The molecule has 2 aliphatic rings. The van der Waals surface area contributed by atoms with Crippen molar-refractivity contribution in [3.05, 3.63) is 0 Å². The fourth-order valence-electron chi connectivity index (χ4n) is 2.73. The third-order valence-corrected chi connectivity index (χ3v) is 3.97. The van der Waals surface area contributed by atoms with Gasteiger partial charge in [0, 0.05) is 45.6 Å². The topological polar surface area (TPSA) is 43.9 Å². The standard InChI is InChI=1S/C13H20F3N3O2/c14-13(15,16)18-9-7-17(8-10-18)5-2-6-19-11(20)3-1-4-12(19)21/h1-10H2. The first kappa shape index (κ1) is 16.2. The number of piperidine rings is 1. The Morgan fingerprint density at radius 1 is 0.905 bits per heavy atom. The second-order valence-electron chi connectivity index (χ2n) is 5.44. The zero-order valence-corrected chi connectivity index (χ0v) is 11.9. The average Bonchev–Trinajstić information content (AvgIpc) is 2.42. The van der Waals surface area contributed by atoms with Crippen LogP contribution in [0.5, 0.6) is 0 Å². The highest BCUT2D eigenvalue weighted by Gasteiger charge is 2.38. The van der Waals surface area contributed by atoms with Gasteiger partial charge in [-0.2, -0.15) is 13.2 Å². The van der Waals surface area contributed by atoms with E-state index >= 15 is 0 Å². The van der Waals surface area contributed by atoms with Crippen molar-refractivity contribution in [3.63, 3.8) is 0 Å². The Labute approximate surface area is 121 Å². The highest BCUT2D eigenvalue weighted by Crippen LogP contribution is 2.22. The fraction of sp³-hybridized carbons (Fsp3) is 0.846. The van der Waals surface area contributed by atoms with Crippen LogP contribution in [0.15, 0.2) is 0 Å². The van der Waals surface area contributed by atoms with Gasteiger partial charge < -0.3 is 4.90 Å². The van der Waals surface area contributed by atoms with Crippen LogP contribution >= 0.6 is 0 Å². The van der Waals surface area contributed by atoms with Gasteiger partial charge in [-0.05, 0) is 19.4 Å². The molecule has 0 spiro atoms. The van der Waals surface area contributed by atoms with Gasteiger partial charge in [-0.15, -0.1) is 0 Å². The second-order valence-corrected chi connectivity index (χ2v) is 5.44. The van der Waals surface area contributed by atoms with Crippen molar-refractivity contribution in [2.24, 2.45) is 0 Å². The molecular weight excluding hydrogens is 287 g/mol. The van der Waals surface area contributed by atoms with Crippen molar-refractivity contribution in [2.75, 3.05) is 39.3 Å². The molecule has 0 aliphatic carbocycles. The molecule has 0 bridgehead atoms. The fourth-order valence-corrected chi connectivity index (χ4v) is 2.73. The number of carbonyl (C=O) groups excluding carboxylic acids is 2. The van der Waals surface area contributed by atoms with Gasteiger partial charge in [0.1, 0.15) is 0 Å². The molecule has 0 radical (unpaired) electrons. The van der Waals surface area contributed by atoms with E-state index in [1.54, 1.807) is 0 Å². The number of halogens is 3. The van der Waals surface area contributed by atoms with E-state index in [1.807, 2.05) is 4.90 Å². The van der Waals surface area contributed by atoms with E-state index in [0.29, 0.717) is 56.8 Å². The third kappa shape index (κ3) is 4.41. The molecule has 0 saturated carbocycles. The Bertz CT molecular complexity index is 377. The van der Waals surface area contributed by atoms with E-state index in [4.69, 9.17) is 0 Å². The number of likely N-dealkylation sites (tertiary alicyclic amines) is 1. The number of nitrogens with zero attached hydrogens (tertiary/aromatic N) is 3. The molecule has 0 atom stereocenters. The summed E-state index contributed by atoms with van der Waals surface area (Å²) in [6.45, 7) is 1.67. The lowest BCUT2D eigenvalue weighted by Gasteiger charge is -2.35. The maximum atomic E-state index is 12.5. The summed E-state index contributed by atoms with van der Waals surface area (Å²) in [4.78, 5) is 26.9. The number of rotatable bonds is 4. The monoisotopic (exact) mass is 307 g/mol. The molecule has 21 heavy (non-hydrogen) atoms. The molecule has 5 nitrogen and oxygen atoms in total. The van der Waals surface area contributed by atoms with Crippen LogP contribution in [0.3, 0.4) is 0 Å². The van der Waals surface area contributed by atoms with E-state index in [-0.39, 0.29) is 24.9 Å². The number of imide groups is 1. The van der Waals surface area contributed by atoms with E-state index in [2.05, 4.69) is 0 Å². The molecule has 120 valence electrons. The largest absolute Gasteiger partial charge is 0.460 e. The molecule has 8 heteroatoms. The SMILES string of the molecule is O=C1CCCC(=O)N1CCCN1CCN(C(F)(F)F)CC1. The normalized spacial score (nSPS) is 22.9. The summed E-state index contributed by atoms with van der Waals surface area (Å²) >= 11 is 0. The van der Waals surface area contributed by atoms with Crippen LogP contribution in [0.2, 0.25) is 0 Å². The van der Waals surface area contributed by atoms with Gasteiger partial charge in [0.05, 0.1) is 0 Å². The van der Waals surface area contributed by atoms with Crippen molar-refractivity contribution >= 4 is 11.8 Å². The number of hydrogen-bond donors (Lipinski definition) is 0. The molecule has 0 aromatic carbocycles. The summed E-state index contributed by atoms with van der Waals surface area (Å²) in [5.41, 5.74) is 0. The maximum absolute atomic E-state index is 12.5. The highest BCUT2D eigenvalue weighted by molar-refractivity contribution is 5.97. The van der Waals surface area contributed by atoms with Crippen molar-refractivity contribution in [1.82, 2.24) is 14.7 Å². The lowest BCUT2D eigenvalue weighted by atomic mass is 10.1. The molecule has 0 aromatic rings. The molecular formula is C13H20F3N3O2. The number of hydrogen-bond acceptors (Lipinski definition) is 4. The minimum atomic E-state index is -4.25. The number of carbonyl (C=O) groups is 2. The van der Waals surface area contributed by atoms with Crippen LogP contribution in [0.1, 0.15) is 25.7 Å². The van der Waals surface area contributed by atoms with E-state index < -0.39 is 6.30 Å². The van der Waals surface area contributed by atoms with Crippen LogP contribution in [-0.4, -0.2) is 72.1 Å². The van der Waals surface area contributed by atoms with Gasteiger partial charge in [-0.3, -0.25) is 14.5 Å². The Morgan fingerprint density at radius 2 is 1.48 bits per heavy atom. The predicted octanol–water partition coefficient (Wildman–Crippen LogP) is 1.05. The van der Waals surface area contributed by atoms with Gasteiger partial charge in [-0.1, -0.05) is 0 Å². The van der Waals surface area contributed by atoms with Crippen molar-refractivity contribution in [3.8, 4) is 0 Å². The first-order valence-corrected chi connectivity index (χ1v) is 7.25. The zero-order chi connectivity index (χ0) is 15.5. The molecule has 2 aliphatic heterocycles. The van der Waals surface area contributed by atoms with Gasteiger partial charge in [0.25, 0.3) is 0 Å². The minimum Gasteiger partial charge on any atom is -0.301 e. The molecule has 0 aromatic heterocycles. The van der Waals surface area contributed by atoms with Crippen LogP contribution in [-0.2, 0) is 9.59 Å². The lowest BCUT2D eigenvalue weighted by Crippen LogP contribution is -2.52. The van der Waals surface area contributed by atoms with Crippen molar-refractivity contribution in [2.45, 2.75) is 32.0 Å². The molecule has 0 N–H and O–H groups in total. The van der Waals surface area contributed by atoms with Crippen LogP contribution < -0.4 is 0 Å². The van der Waals surface area contributed by atoms with Gasteiger partial charge in [-0.25, -0.2) is 4.90 Å². The summed E-state index contributed by atoms with van der Waals surface area (Å²) < 4.78 is 37.4. The van der Waals surface area contributed by atoms with Crippen LogP contribution in [0, 0.1) is 0 Å². The average molecular weight is 307 g/mol. The Morgan fingerprint density at radius 3 is 2.00 bits per heavy atom.